The maximum atomic E-state index is 13.0. The molecule has 4 nitrogen and oxygen atoms in total. The maximum absolute atomic E-state index is 13.0. The predicted octanol–water partition coefficient (Wildman–Crippen LogP) is 2.38. The number of Topliss-reactive ketones (excluding diaryl/α,β-unsaturated/α-hetero) is 1. The van der Waals surface area contributed by atoms with Gasteiger partial charge in [-0.3, -0.25) is 0 Å². The summed E-state index contributed by atoms with van der Waals surface area (Å²) in [4.78, 5) is 37.4. The van der Waals surface area contributed by atoms with Crippen molar-refractivity contribution in [3.05, 3.63) is 73.5 Å². The van der Waals surface area contributed by atoms with Crippen molar-refractivity contribution in [2.75, 3.05) is 0 Å². The summed E-state index contributed by atoms with van der Waals surface area (Å²) in [5, 5.41) is 2.03. The predicted molar refractivity (Wildman–Crippen MR) is 103 cm³/mol. The van der Waals surface area contributed by atoms with Gasteiger partial charge in [-0.1, -0.05) is 0 Å². The molecule has 0 spiro atoms. The quantitative estimate of drug-likeness (QED) is 0.714. The second-order valence-corrected chi connectivity index (χ2v) is 15.2. The Hall–Kier alpha value is -2.05. The summed E-state index contributed by atoms with van der Waals surface area (Å²) in [6.07, 6.45) is 2.42. The van der Waals surface area contributed by atoms with Crippen LogP contribution >= 0.6 is 11.8 Å². The van der Waals surface area contributed by atoms with Gasteiger partial charge in [0.2, 0.25) is 0 Å². The summed E-state index contributed by atoms with van der Waals surface area (Å²) in [5.41, 5.74) is 3.14. The van der Waals surface area contributed by atoms with Gasteiger partial charge in [0.05, 0.1) is 0 Å². The first kappa shape index (κ1) is 16.1. The zero-order valence-corrected chi connectivity index (χ0v) is 17.7. The number of benzene rings is 2. The number of imide groups is 1. The zero-order valence-electron chi connectivity index (χ0n) is 13.6. The van der Waals surface area contributed by atoms with E-state index in [1.54, 1.807) is 0 Å². The van der Waals surface area contributed by atoms with Gasteiger partial charge in [0.25, 0.3) is 0 Å². The molecule has 0 saturated carbocycles. The van der Waals surface area contributed by atoms with Crippen LogP contribution in [0.25, 0.3) is 9.41 Å². The minimum atomic E-state index is -2.84. The van der Waals surface area contributed by atoms with Gasteiger partial charge in [-0.15, -0.1) is 0 Å². The molecule has 3 aliphatic heterocycles. The summed E-state index contributed by atoms with van der Waals surface area (Å²) in [6, 6.07) is 15.8. The molecule has 4 bridgehead atoms. The molecule has 1 N–H and O–H groups in total. The molecule has 124 valence electrons. The number of hydrogen-bond donors (Lipinski definition) is 1. The van der Waals surface area contributed by atoms with E-state index in [-0.39, 0.29) is 16.9 Å². The Morgan fingerprint density at radius 1 is 1.04 bits per heavy atom. The van der Waals surface area contributed by atoms with Gasteiger partial charge < -0.3 is 0 Å². The van der Waals surface area contributed by atoms with Gasteiger partial charge in [0.15, 0.2) is 0 Å². The molecule has 0 atom stereocenters. The number of allylic oxidation sites excluding steroid dienone is 1. The third kappa shape index (κ3) is 2.36. The van der Waals surface area contributed by atoms with Crippen molar-refractivity contribution in [2.24, 2.45) is 0 Å². The standard InChI is InChI=1S/C20H12NO3S.In/c22-17(12-14-6-2-1-3-7-14)11-10-15-8-4-5-9-16(15)13-18-19(23)21-20(24)25-18;/h1-7,9-10H,12H2,(H,21,23,24);. The van der Waals surface area contributed by atoms with Crippen molar-refractivity contribution in [2.45, 2.75) is 6.42 Å². The molecule has 26 heavy (non-hydrogen) atoms. The van der Waals surface area contributed by atoms with Crippen molar-refractivity contribution in [3.8, 4) is 0 Å². The fourth-order valence-corrected chi connectivity index (χ4v) is 16.0. The summed E-state index contributed by atoms with van der Waals surface area (Å²) < 4.78 is 3.18. The van der Waals surface area contributed by atoms with Crippen LogP contribution in [0, 0.1) is 0 Å². The second kappa shape index (κ2) is 5.99. The van der Waals surface area contributed by atoms with E-state index in [4.69, 9.17) is 0 Å². The van der Waals surface area contributed by atoms with E-state index in [1.165, 1.54) is 3.32 Å². The first-order valence-electron chi connectivity index (χ1n) is 8.33. The monoisotopic (exact) mass is 461 g/mol. The second-order valence-electron chi connectivity index (χ2n) is 6.51. The average Bonchev–Trinajstić information content (AvgIpc) is 3.22. The molecular formula is C20H12InNO3S. The van der Waals surface area contributed by atoms with Crippen molar-refractivity contribution < 1.29 is 14.4 Å². The van der Waals surface area contributed by atoms with Crippen LogP contribution < -0.4 is 8.64 Å². The number of carbonyl (C=O) groups excluding carboxylic acids is 3. The zero-order chi connectivity index (χ0) is 17.8. The SMILES string of the molecule is O=C1NC(=O)/C(=[C]2\c3ccc[c]4c3C=[C](C(=O)Cc3ccccc3)[In]24)S1. The third-order valence-electron chi connectivity index (χ3n) is 5.03. The van der Waals surface area contributed by atoms with Crippen LogP contribution in [0.4, 0.5) is 4.79 Å². The van der Waals surface area contributed by atoms with Crippen LogP contribution in [0.2, 0.25) is 0 Å². The van der Waals surface area contributed by atoms with Crippen molar-refractivity contribution in [1.82, 2.24) is 5.32 Å². The number of nitrogens with one attached hydrogen (secondary N) is 1. The topological polar surface area (TPSA) is 63.2 Å². The molecule has 2 aromatic rings. The van der Waals surface area contributed by atoms with Gasteiger partial charge in [0.1, 0.15) is 0 Å². The van der Waals surface area contributed by atoms with Crippen molar-refractivity contribution in [3.63, 3.8) is 0 Å². The summed E-state index contributed by atoms with van der Waals surface area (Å²) in [5.74, 6) is -0.173. The fourth-order valence-electron chi connectivity index (χ4n) is 3.97. The molecule has 3 heterocycles. The Labute approximate surface area is 161 Å². The van der Waals surface area contributed by atoms with Crippen LogP contribution in [0.1, 0.15) is 16.7 Å². The molecule has 2 amide bonds. The summed E-state index contributed by atoms with van der Waals surface area (Å²) >= 11 is -1.87. The molecule has 0 radical (unpaired) electrons. The Balaban J connectivity index is 1.58. The molecule has 0 aliphatic carbocycles. The number of ketones is 1. The average molecular weight is 461 g/mol. The van der Waals surface area contributed by atoms with E-state index in [2.05, 4.69) is 11.4 Å². The first-order valence-corrected chi connectivity index (χ1v) is 14.1. The van der Waals surface area contributed by atoms with Gasteiger partial charge in [0, 0.05) is 0 Å². The van der Waals surface area contributed by atoms with Gasteiger partial charge in [-0.25, -0.2) is 0 Å². The normalized spacial score (nSPS) is 19.8. The van der Waals surface area contributed by atoms with E-state index in [9.17, 15) is 14.4 Å². The van der Waals surface area contributed by atoms with Crippen LogP contribution in [-0.4, -0.2) is 38.4 Å². The van der Waals surface area contributed by atoms with Crippen LogP contribution in [-0.2, 0) is 16.0 Å². The Morgan fingerprint density at radius 3 is 2.54 bits per heavy atom. The molecule has 2 aromatic carbocycles. The molecule has 0 unspecified atom stereocenters. The minimum absolute atomic E-state index is 0.145. The number of thioether (sulfide) groups is 1. The van der Waals surface area contributed by atoms with E-state index in [0.717, 1.165) is 35.1 Å². The molecule has 1 fully saturated rings. The number of carbonyl (C=O) groups is 3. The Morgan fingerprint density at radius 2 is 1.85 bits per heavy atom. The van der Waals surface area contributed by atoms with E-state index in [0.29, 0.717) is 11.3 Å². The van der Waals surface area contributed by atoms with E-state index < -0.39 is 21.4 Å². The Bertz CT molecular complexity index is 1070. The van der Waals surface area contributed by atoms with Crippen LogP contribution in [0.5, 0.6) is 0 Å². The van der Waals surface area contributed by atoms with Crippen molar-refractivity contribution in [1.29, 1.82) is 0 Å². The Kier molecular flexibility index (Phi) is 3.72. The van der Waals surface area contributed by atoms with Gasteiger partial charge in [-0.2, -0.15) is 0 Å². The van der Waals surface area contributed by atoms with E-state index >= 15 is 0 Å². The van der Waals surface area contributed by atoms with Gasteiger partial charge >= 0.3 is 162 Å². The molecule has 6 heteroatoms. The fraction of sp³-hybridized carbons (Fsp3) is 0.0500. The first-order chi connectivity index (χ1) is 12.6. The number of amides is 2. The third-order valence-corrected chi connectivity index (χ3v) is 16.3. The number of hydrogen-bond acceptors (Lipinski definition) is 4. The molecule has 0 aromatic heterocycles. The molecular weight excluding hydrogens is 449 g/mol. The van der Waals surface area contributed by atoms with E-state index in [1.807, 2.05) is 48.5 Å². The van der Waals surface area contributed by atoms with Crippen molar-refractivity contribution >= 4 is 62.9 Å². The summed E-state index contributed by atoms with van der Waals surface area (Å²) in [7, 11) is 0. The number of rotatable bonds is 3. The van der Waals surface area contributed by atoms with Crippen LogP contribution in [0.3, 0.4) is 0 Å². The summed E-state index contributed by atoms with van der Waals surface area (Å²) in [6.45, 7) is 0. The molecule has 5 rings (SSSR count). The molecule has 1 saturated heterocycles. The van der Waals surface area contributed by atoms with Gasteiger partial charge in [-0.05, 0) is 0 Å². The molecule has 3 aliphatic rings. The van der Waals surface area contributed by atoms with Crippen LogP contribution in [0.15, 0.2) is 56.8 Å².